The number of H-pyrrole nitrogens is 1. The zero-order chi connectivity index (χ0) is 17.4. The highest BCUT2D eigenvalue weighted by Gasteiger charge is 2.19. The number of aromatic amines is 1. The Morgan fingerprint density at radius 2 is 1.92 bits per heavy atom. The van der Waals surface area contributed by atoms with Crippen molar-refractivity contribution in [3.05, 3.63) is 36.0 Å². The van der Waals surface area contributed by atoms with E-state index in [1.165, 1.54) is 12.8 Å². The summed E-state index contributed by atoms with van der Waals surface area (Å²) in [6, 6.07) is 7.21. The first-order chi connectivity index (χ1) is 11.6. The lowest BCUT2D eigenvalue weighted by molar-refractivity contribution is -0.127. The summed E-state index contributed by atoms with van der Waals surface area (Å²) in [5.41, 5.74) is 7.47. The van der Waals surface area contributed by atoms with Crippen LogP contribution in [0.5, 0.6) is 0 Å². The van der Waals surface area contributed by atoms with E-state index in [-0.39, 0.29) is 5.91 Å². The Morgan fingerprint density at radius 3 is 2.67 bits per heavy atom. The molecule has 1 atom stereocenters. The minimum atomic E-state index is -0.674. The quantitative estimate of drug-likeness (QED) is 0.585. The van der Waals surface area contributed by atoms with E-state index in [1.54, 1.807) is 0 Å². The number of hydrogen-bond donors (Lipinski definition) is 3. The molecule has 5 heteroatoms. The fourth-order valence-electron chi connectivity index (χ4n) is 2.90. The number of fused-ring (bicyclic) bond motifs is 1. The third-order valence-corrected chi connectivity index (χ3v) is 4.29. The molecule has 0 bridgehead atoms. The third kappa shape index (κ3) is 5.11. The van der Waals surface area contributed by atoms with E-state index >= 15 is 0 Å². The largest absolute Gasteiger partial charge is 0.368 e. The first kappa shape index (κ1) is 18.0. The van der Waals surface area contributed by atoms with Crippen molar-refractivity contribution in [1.29, 1.82) is 0 Å². The van der Waals surface area contributed by atoms with Gasteiger partial charge in [0.25, 0.3) is 0 Å². The molecule has 1 aromatic heterocycles. The van der Waals surface area contributed by atoms with Gasteiger partial charge in [0.1, 0.15) is 6.04 Å². The van der Waals surface area contributed by atoms with Crippen molar-refractivity contribution < 1.29 is 9.59 Å². The highest BCUT2D eigenvalue weighted by atomic mass is 16.2. The molecule has 4 N–H and O–H groups in total. The third-order valence-electron chi connectivity index (χ3n) is 4.29. The SMILES string of the molecule is CCCCCCCC(=O)N[C@@H](Cc1c[nH]c2ccccc12)C(N)=O. The molecule has 0 aliphatic heterocycles. The highest BCUT2D eigenvalue weighted by molar-refractivity contribution is 5.88. The van der Waals surface area contributed by atoms with E-state index < -0.39 is 11.9 Å². The zero-order valence-electron chi connectivity index (χ0n) is 14.3. The van der Waals surface area contributed by atoms with Gasteiger partial charge in [-0.15, -0.1) is 0 Å². The second kappa shape index (κ2) is 9.11. The van der Waals surface area contributed by atoms with E-state index in [1.807, 2.05) is 30.5 Å². The Balaban J connectivity index is 1.90. The van der Waals surface area contributed by atoms with Crippen LogP contribution in [-0.4, -0.2) is 22.8 Å². The van der Waals surface area contributed by atoms with Crippen molar-refractivity contribution in [2.24, 2.45) is 5.73 Å². The molecule has 5 nitrogen and oxygen atoms in total. The Morgan fingerprint density at radius 1 is 1.17 bits per heavy atom. The van der Waals surface area contributed by atoms with Crippen LogP contribution in [0.3, 0.4) is 0 Å². The maximum absolute atomic E-state index is 12.1. The van der Waals surface area contributed by atoms with Crippen molar-refractivity contribution in [2.75, 3.05) is 0 Å². The van der Waals surface area contributed by atoms with Crippen LogP contribution in [0.15, 0.2) is 30.5 Å². The summed E-state index contributed by atoms with van der Waals surface area (Å²) in [4.78, 5) is 26.9. The van der Waals surface area contributed by atoms with Crippen molar-refractivity contribution in [3.63, 3.8) is 0 Å². The Labute approximate surface area is 143 Å². The summed E-state index contributed by atoms with van der Waals surface area (Å²) in [7, 11) is 0. The summed E-state index contributed by atoms with van der Waals surface area (Å²) in [5, 5.41) is 3.84. The van der Waals surface area contributed by atoms with E-state index in [9.17, 15) is 9.59 Å². The van der Waals surface area contributed by atoms with Crippen LogP contribution in [0.1, 0.15) is 51.0 Å². The van der Waals surface area contributed by atoms with Crippen LogP contribution in [0.2, 0.25) is 0 Å². The molecule has 130 valence electrons. The normalized spacial score (nSPS) is 12.2. The summed E-state index contributed by atoms with van der Waals surface area (Å²) >= 11 is 0. The monoisotopic (exact) mass is 329 g/mol. The number of aromatic nitrogens is 1. The summed E-state index contributed by atoms with van der Waals surface area (Å²) in [6.45, 7) is 2.16. The lowest BCUT2D eigenvalue weighted by Gasteiger charge is -2.15. The molecule has 0 aliphatic rings. The van der Waals surface area contributed by atoms with Gasteiger partial charge in [0, 0.05) is 29.9 Å². The molecule has 2 rings (SSSR count). The number of carbonyl (C=O) groups is 2. The zero-order valence-corrected chi connectivity index (χ0v) is 14.3. The number of hydrogen-bond acceptors (Lipinski definition) is 2. The lowest BCUT2D eigenvalue weighted by atomic mass is 10.0. The number of rotatable bonds is 10. The van der Waals surface area contributed by atoms with Gasteiger partial charge in [0.15, 0.2) is 0 Å². The van der Waals surface area contributed by atoms with Crippen molar-refractivity contribution >= 4 is 22.7 Å². The van der Waals surface area contributed by atoms with E-state index in [4.69, 9.17) is 5.73 Å². The number of carbonyl (C=O) groups excluding carboxylic acids is 2. The molecule has 0 aliphatic carbocycles. The number of amides is 2. The van der Waals surface area contributed by atoms with Crippen molar-refractivity contribution in [2.45, 2.75) is 57.9 Å². The molecule has 0 radical (unpaired) electrons. The second-order valence-electron chi connectivity index (χ2n) is 6.25. The molecule has 2 amide bonds. The Bertz CT molecular complexity index is 678. The van der Waals surface area contributed by atoms with Crippen LogP contribution in [0.25, 0.3) is 10.9 Å². The number of primary amides is 1. The van der Waals surface area contributed by atoms with Crippen molar-refractivity contribution in [1.82, 2.24) is 10.3 Å². The van der Waals surface area contributed by atoms with Crippen LogP contribution in [0, 0.1) is 0 Å². The van der Waals surface area contributed by atoms with E-state index in [0.29, 0.717) is 12.8 Å². The molecule has 0 fully saturated rings. The van der Waals surface area contributed by atoms with Gasteiger partial charge in [-0.25, -0.2) is 0 Å². The number of para-hydroxylation sites is 1. The van der Waals surface area contributed by atoms with Crippen LogP contribution in [-0.2, 0) is 16.0 Å². The minimum absolute atomic E-state index is 0.102. The van der Waals surface area contributed by atoms with Gasteiger partial charge in [-0.3, -0.25) is 9.59 Å². The van der Waals surface area contributed by atoms with Gasteiger partial charge < -0.3 is 16.0 Å². The Kier molecular flexibility index (Phi) is 6.85. The van der Waals surface area contributed by atoms with E-state index in [0.717, 1.165) is 35.7 Å². The number of benzene rings is 1. The van der Waals surface area contributed by atoms with Gasteiger partial charge in [-0.05, 0) is 18.1 Å². The highest BCUT2D eigenvalue weighted by Crippen LogP contribution is 2.19. The molecule has 2 aromatic rings. The van der Waals surface area contributed by atoms with Crippen LogP contribution in [0.4, 0.5) is 0 Å². The minimum Gasteiger partial charge on any atom is -0.368 e. The summed E-state index contributed by atoms with van der Waals surface area (Å²) < 4.78 is 0. The van der Waals surface area contributed by atoms with Crippen molar-refractivity contribution in [3.8, 4) is 0 Å². The topological polar surface area (TPSA) is 88.0 Å². The average molecular weight is 329 g/mol. The molecule has 1 aromatic carbocycles. The maximum atomic E-state index is 12.1. The summed E-state index contributed by atoms with van der Waals surface area (Å²) in [5.74, 6) is -0.602. The number of nitrogens with one attached hydrogen (secondary N) is 2. The lowest BCUT2D eigenvalue weighted by Crippen LogP contribution is -2.45. The first-order valence-electron chi connectivity index (χ1n) is 8.75. The Hall–Kier alpha value is -2.30. The first-order valence-corrected chi connectivity index (χ1v) is 8.75. The standard InChI is InChI=1S/C19H27N3O2/c1-2-3-4-5-6-11-18(23)22-17(19(20)24)12-14-13-21-16-10-8-7-9-15(14)16/h7-10,13,17,21H,2-6,11-12H2,1H3,(H2,20,24)(H,22,23)/t17-/m0/s1. The van der Waals surface area contributed by atoms with Gasteiger partial charge in [0.05, 0.1) is 0 Å². The van der Waals surface area contributed by atoms with Gasteiger partial charge in [-0.1, -0.05) is 50.8 Å². The fraction of sp³-hybridized carbons (Fsp3) is 0.474. The molecule has 0 saturated carbocycles. The molecule has 0 unspecified atom stereocenters. The van der Waals surface area contributed by atoms with Gasteiger partial charge in [0.2, 0.25) is 11.8 Å². The predicted molar refractivity (Wildman–Crippen MR) is 96.5 cm³/mol. The van der Waals surface area contributed by atoms with Gasteiger partial charge >= 0.3 is 0 Å². The second-order valence-corrected chi connectivity index (χ2v) is 6.25. The summed E-state index contributed by atoms with van der Waals surface area (Å²) in [6.07, 6.45) is 8.15. The van der Waals surface area contributed by atoms with Gasteiger partial charge in [-0.2, -0.15) is 0 Å². The predicted octanol–water partition coefficient (Wildman–Crippen LogP) is 3.04. The molecular formula is C19H27N3O2. The average Bonchev–Trinajstić information content (AvgIpc) is 2.97. The molecule has 1 heterocycles. The molecule has 0 spiro atoms. The molecule has 0 saturated heterocycles. The van der Waals surface area contributed by atoms with E-state index in [2.05, 4.69) is 17.2 Å². The van der Waals surface area contributed by atoms with Crippen LogP contribution < -0.4 is 11.1 Å². The van der Waals surface area contributed by atoms with Crippen LogP contribution >= 0.6 is 0 Å². The number of unbranched alkanes of at least 4 members (excludes halogenated alkanes) is 4. The number of nitrogens with two attached hydrogens (primary N) is 1. The molecular weight excluding hydrogens is 302 g/mol. The fourth-order valence-corrected chi connectivity index (χ4v) is 2.90. The maximum Gasteiger partial charge on any atom is 0.240 e. The smallest absolute Gasteiger partial charge is 0.240 e. The molecule has 24 heavy (non-hydrogen) atoms.